The van der Waals surface area contributed by atoms with Crippen LogP contribution in [0.15, 0.2) is 37.1 Å². The lowest BCUT2D eigenvalue weighted by molar-refractivity contribution is -0.117. The average molecular weight is 494 g/mol. The summed E-state index contributed by atoms with van der Waals surface area (Å²) >= 11 is 1.47. The van der Waals surface area contributed by atoms with E-state index in [0.717, 1.165) is 41.5 Å². The number of rotatable bonds is 6. The molecule has 1 fully saturated rings. The number of hydrogen-bond donors (Lipinski definition) is 2. The van der Waals surface area contributed by atoms with Crippen LogP contribution in [0.2, 0.25) is 0 Å². The van der Waals surface area contributed by atoms with Crippen molar-refractivity contribution in [2.24, 2.45) is 7.05 Å². The highest BCUT2D eigenvalue weighted by molar-refractivity contribution is 7.21. The minimum atomic E-state index is -0.287. The maximum absolute atomic E-state index is 13.1. The number of aryl methyl sites for hydroxylation is 2. The quantitative estimate of drug-likeness (QED) is 0.422. The van der Waals surface area contributed by atoms with Crippen LogP contribution < -0.4 is 10.6 Å². The van der Waals surface area contributed by atoms with Crippen molar-refractivity contribution in [2.75, 3.05) is 50.4 Å². The van der Waals surface area contributed by atoms with Crippen molar-refractivity contribution in [3.05, 3.63) is 48.3 Å². The first-order valence-corrected chi connectivity index (χ1v) is 12.1. The molecule has 1 saturated heterocycles. The normalized spacial score (nSPS) is 14.9. The van der Waals surface area contributed by atoms with Crippen LogP contribution in [0.25, 0.3) is 15.3 Å². The summed E-state index contributed by atoms with van der Waals surface area (Å²) in [4.78, 5) is 36.1. The second kappa shape index (κ2) is 9.56. The molecule has 2 N–H and O–H groups in total. The van der Waals surface area contributed by atoms with Crippen LogP contribution >= 0.6 is 11.3 Å². The summed E-state index contributed by atoms with van der Waals surface area (Å²) in [5.41, 5.74) is 3.17. The molecule has 182 valence electrons. The van der Waals surface area contributed by atoms with Crippen LogP contribution in [-0.4, -0.2) is 85.8 Å². The van der Waals surface area contributed by atoms with E-state index >= 15 is 0 Å². The number of pyridine rings is 1. The van der Waals surface area contributed by atoms with Crippen LogP contribution in [0.1, 0.15) is 16.1 Å². The highest BCUT2D eigenvalue weighted by Gasteiger charge is 2.19. The molecule has 0 aliphatic carbocycles. The van der Waals surface area contributed by atoms with Gasteiger partial charge in [0.2, 0.25) is 5.91 Å². The number of carbonyl (C=O) groups is 2. The van der Waals surface area contributed by atoms with Gasteiger partial charge < -0.3 is 15.5 Å². The maximum atomic E-state index is 13.1. The van der Waals surface area contributed by atoms with Crippen molar-refractivity contribution >= 4 is 39.4 Å². The summed E-state index contributed by atoms with van der Waals surface area (Å²) in [6.45, 7) is 5.77. The fourth-order valence-electron chi connectivity index (χ4n) is 3.95. The molecule has 5 heterocycles. The molecule has 35 heavy (non-hydrogen) atoms. The average Bonchev–Trinajstić information content (AvgIpc) is 3.53. The molecule has 0 atom stereocenters. The van der Waals surface area contributed by atoms with Crippen molar-refractivity contribution in [3.8, 4) is 10.4 Å². The molecule has 12 heteroatoms. The number of nitrogens with one attached hydrogen (secondary N) is 2. The van der Waals surface area contributed by atoms with E-state index in [0.29, 0.717) is 29.2 Å². The third-order valence-corrected chi connectivity index (χ3v) is 7.17. The van der Waals surface area contributed by atoms with Crippen LogP contribution in [-0.2, 0) is 11.8 Å². The van der Waals surface area contributed by atoms with E-state index in [9.17, 15) is 9.59 Å². The Hall–Kier alpha value is -3.61. The Morgan fingerprint density at radius 2 is 1.83 bits per heavy atom. The number of aromatic nitrogens is 5. The van der Waals surface area contributed by atoms with Crippen molar-refractivity contribution in [2.45, 2.75) is 6.92 Å². The SMILES string of the molecule is Cc1ncc(NC(=O)CN2CCN(C)CC2)cc1NC(=O)c1cnn2cc(-c3cnn(C)c3)sc12. The first-order valence-electron chi connectivity index (χ1n) is 11.3. The van der Waals surface area contributed by atoms with E-state index < -0.39 is 0 Å². The lowest BCUT2D eigenvalue weighted by Crippen LogP contribution is -2.47. The minimum absolute atomic E-state index is 0.0997. The molecule has 11 nitrogen and oxygen atoms in total. The fraction of sp³-hybridized carbons (Fsp3) is 0.348. The number of carbonyl (C=O) groups excluding carboxylic acids is 2. The Bertz CT molecular complexity index is 1380. The molecule has 0 radical (unpaired) electrons. The molecular formula is C23H27N9O2S. The highest BCUT2D eigenvalue weighted by atomic mass is 32.1. The fourth-order valence-corrected chi connectivity index (χ4v) is 4.98. The Morgan fingerprint density at radius 1 is 1.03 bits per heavy atom. The van der Waals surface area contributed by atoms with Crippen LogP contribution in [0, 0.1) is 6.92 Å². The van der Waals surface area contributed by atoms with Gasteiger partial charge in [0.25, 0.3) is 5.91 Å². The van der Waals surface area contributed by atoms with Crippen LogP contribution in [0.5, 0.6) is 0 Å². The van der Waals surface area contributed by atoms with Gasteiger partial charge in [-0.25, -0.2) is 4.52 Å². The van der Waals surface area contributed by atoms with Crippen molar-refractivity contribution < 1.29 is 9.59 Å². The van der Waals surface area contributed by atoms with Gasteiger partial charge in [-0.2, -0.15) is 10.2 Å². The summed E-state index contributed by atoms with van der Waals surface area (Å²) in [5.74, 6) is -0.386. The molecule has 0 unspecified atom stereocenters. The molecule has 0 saturated carbocycles. The Balaban J connectivity index is 1.28. The number of fused-ring (bicyclic) bond motifs is 1. The number of likely N-dealkylation sites (N-methyl/N-ethyl adjacent to an activating group) is 1. The molecule has 1 aliphatic heterocycles. The van der Waals surface area contributed by atoms with Gasteiger partial charge >= 0.3 is 0 Å². The van der Waals surface area contributed by atoms with E-state index in [1.165, 1.54) is 11.3 Å². The second-order valence-electron chi connectivity index (χ2n) is 8.74. The van der Waals surface area contributed by atoms with Crippen molar-refractivity contribution in [3.63, 3.8) is 0 Å². The summed E-state index contributed by atoms with van der Waals surface area (Å²) in [7, 11) is 3.94. The molecule has 4 aromatic rings. The zero-order valence-corrected chi connectivity index (χ0v) is 20.7. The number of piperazine rings is 1. The molecular weight excluding hydrogens is 466 g/mol. The first-order chi connectivity index (χ1) is 16.9. The van der Waals surface area contributed by atoms with Crippen molar-refractivity contribution in [1.82, 2.24) is 34.2 Å². The number of nitrogens with zero attached hydrogens (tertiary/aromatic N) is 7. The standard InChI is InChI=1S/C23H27N9O2S/c1-15-19(8-17(10-24-15)27-21(33)14-31-6-4-29(2)5-7-31)28-22(34)18-11-26-32-13-20(35-23(18)32)16-9-25-30(3)12-16/h8-13H,4-7,14H2,1-3H3,(H,27,33)(H,28,34). The molecule has 1 aliphatic rings. The largest absolute Gasteiger partial charge is 0.324 e. The smallest absolute Gasteiger partial charge is 0.260 e. The number of anilines is 2. The molecule has 0 spiro atoms. The van der Waals surface area contributed by atoms with E-state index in [4.69, 9.17) is 0 Å². The van der Waals surface area contributed by atoms with Gasteiger partial charge in [-0.3, -0.25) is 24.2 Å². The van der Waals surface area contributed by atoms with E-state index in [2.05, 4.69) is 42.7 Å². The second-order valence-corrected chi connectivity index (χ2v) is 9.78. The monoisotopic (exact) mass is 493 g/mol. The predicted molar refractivity (Wildman–Crippen MR) is 135 cm³/mol. The van der Waals surface area contributed by atoms with Crippen LogP contribution in [0.3, 0.4) is 0 Å². The van der Waals surface area contributed by atoms with Crippen LogP contribution in [0.4, 0.5) is 11.4 Å². The zero-order chi connectivity index (χ0) is 24.5. The van der Waals surface area contributed by atoms with E-state index in [1.807, 2.05) is 26.4 Å². The first kappa shape index (κ1) is 23.1. The third-order valence-electron chi connectivity index (χ3n) is 6.01. The topological polar surface area (TPSA) is 113 Å². The molecule has 0 bridgehead atoms. The van der Waals surface area contributed by atoms with Gasteiger partial charge in [-0.1, -0.05) is 0 Å². The van der Waals surface area contributed by atoms with Gasteiger partial charge in [-0.05, 0) is 20.0 Å². The third kappa shape index (κ3) is 5.09. The van der Waals surface area contributed by atoms with E-state index in [1.54, 1.807) is 33.9 Å². The zero-order valence-electron chi connectivity index (χ0n) is 19.9. The predicted octanol–water partition coefficient (Wildman–Crippen LogP) is 1.94. The summed E-state index contributed by atoms with van der Waals surface area (Å²) in [6, 6.07) is 1.73. The van der Waals surface area contributed by atoms with Gasteiger partial charge in [0, 0.05) is 51.2 Å². The number of thiazole rings is 1. The van der Waals surface area contributed by atoms with E-state index in [-0.39, 0.29) is 11.8 Å². The number of amides is 2. The van der Waals surface area contributed by atoms with Gasteiger partial charge in [0.1, 0.15) is 4.83 Å². The van der Waals surface area contributed by atoms with Gasteiger partial charge in [-0.15, -0.1) is 11.3 Å². The minimum Gasteiger partial charge on any atom is -0.324 e. The van der Waals surface area contributed by atoms with Gasteiger partial charge in [0.05, 0.1) is 52.6 Å². The molecule has 5 rings (SSSR count). The Labute approximate surface area is 206 Å². The summed E-state index contributed by atoms with van der Waals surface area (Å²) in [5, 5.41) is 14.4. The molecule has 4 aromatic heterocycles. The highest BCUT2D eigenvalue weighted by Crippen LogP contribution is 2.30. The number of hydrogen-bond acceptors (Lipinski definition) is 8. The Kier molecular flexibility index (Phi) is 6.32. The lowest BCUT2D eigenvalue weighted by Gasteiger charge is -2.31. The maximum Gasteiger partial charge on any atom is 0.260 e. The Morgan fingerprint density at radius 3 is 2.57 bits per heavy atom. The summed E-state index contributed by atoms with van der Waals surface area (Å²) in [6.07, 6.45) is 8.74. The van der Waals surface area contributed by atoms with Gasteiger partial charge in [0.15, 0.2) is 0 Å². The van der Waals surface area contributed by atoms with Crippen molar-refractivity contribution in [1.29, 1.82) is 0 Å². The summed E-state index contributed by atoms with van der Waals surface area (Å²) < 4.78 is 3.43. The lowest BCUT2D eigenvalue weighted by atomic mass is 10.2. The molecule has 0 aromatic carbocycles. The molecule has 2 amide bonds.